The summed E-state index contributed by atoms with van der Waals surface area (Å²) in [6, 6.07) is 10.2. The average Bonchev–Trinajstić information content (AvgIpc) is 2.72. The summed E-state index contributed by atoms with van der Waals surface area (Å²) in [6.45, 7) is 0.853. The zero-order valence-electron chi connectivity index (χ0n) is 16.2. The van der Waals surface area contributed by atoms with E-state index in [0.29, 0.717) is 17.2 Å². The van der Waals surface area contributed by atoms with Gasteiger partial charge in [0.15, 0.2) is 6.10 Å². The van der Waals surface area contributed by atoms with Crippen molar-refractivity contribution in [2.75, 3.05) is 26.1 Å². The molecule has 0 fully saturated rings. The minimum absolute atomic E-state index is 0.198. The molecule has 0 aliphatic heterocycles. The van der Waals surface area contributed by atoms with Gasteiger partial charge in [0.1, 0.15) is 23.9 Å². The smallest absolute Gasteiger partial charge is 0.326 e. The van der Waals surface area contributed by atoms with Crippen LogP contribution in [0.4, 0.5) is 10.1 Å². The average molecular weight is 404 g/mol. The molecule has 8 nitrogen and oxygen atoms in total. The van der Waals surface area contributed by atoms with E-state index < -0.39 is 36.2 Å². The molecule has 1 unspecified atom stereocenters. The number of nitrogens with one attached hydrogen (secondary N) is 2. The zero-order chi connectivity index (χ0) is 21.4. The Morgan fingerprint density at radius 2 is 1.79 bits per heavy atom. The van der Waals surface area contributed by atoms with E-state index in [1.54, 1.807) is 18.2 Å². The fourth-order valence-electron chi connectivity index (χ4n) is 2.33. The fraction of sp³-hybridized carbons (Fsp3) is 0.250. The van der Waals surface area contributed by atoms with Gasteiger partial charge in [-0.05, 0) is 31.2 Å². The molecule has 0 aliphatic carbocycles. The fourth-order valence-corrected chi connectivity index (χ4v) is 2.33. The van der Waals surface area contributed by atoms with Gasteiger partial charge < -0.3 is 24.8 Å². The van der Waals surface area contributed by atoms with E-state index in [4.69, 9.17) is 14.2 Å². The molecule has 2 amide bonds. The maximum Gasteiger partial charge on any atom is 0.326 e. The number of hydrogen-bond acceptors (Lipinski definition) is 6. The monoisotopic (exact) mass is 404 g/mol. The summed E-state index contributed by atoms with van der Waals surface area (Å²) < 4.78 is 28.8. The van der Waals surface area contributed by atoms with Crippen LogP contribution < -0.4 is 20.1 Å². The highest BCUT2D eigenvalue weighted by Gasteiger charge is 2.20. The molecule has 29 heavy (non-hydrogen) atoms. The van der Waals surface area contributed by atoms with E-state index >= 15 is 0 Å². The van der Waals surface area contributed by atoms with Crippen LogP contribution in [0.2, 0.25) is 0 Å². The van der Waals surface area contributed by atoms with E-state index in [0.717, 1.165) is 6.07 Å². The van der Waals surface area contributed by atoms with Gasteiger partial charge in [-0.3, -0.25) is 14.4 Å². The molecule has 2 aromatic rings. The second kappa shape index (κ2) is 10.1. The van der Waals surface area contributed by atoms with E-state index in [9.17, 15) is 18.8 Å². The molecule has 2 aromatic carbocycles. The van der Waals surface area contributed by atoms with E-state index in [2.05, 4.69) is 10.6 Å². The first kappa shape index (κ1) is 21.7. The number of anilines is 1. The third kappa shape index (κ3) is 5.93. The highest BCUT2D eigenvalue weighted by molar-refractivity contribution is 5.98. The van der Waals surface area contributed by atoms with Crippen LogP contribution in [0.3, 0.4) is 0 Å². The zero-order valence-corrected chi connectivity index (χ0v) is 16.2. The number of methoxy groups -OCH3 is 2. The van der Waals surface area contributed by atoms with Crippen LogP contribution in [0.1, 0.15) is 17.3 Å². The number of hydrogen-bond donors (Lipinski definition) is 2. The number of carbonyl (C=O) groups is 3. The van der Waals surface area contributed by atoms with Gasteiger partial charge in [0.2, 0.25) is 0 Å². The molecule has 2 rings (SSSR count). The summed E-state index contributed by atoms with van der Waals surface area (Å²) in [5, 5.41) is 4.83. The Labute approximate surface area is 166 Å². The Bertz CT molecular complexity index is 902. The number of halogens is 1. The Morgan fingerprint density at radius 1 is 1.07 bits per heavy atom. The van der Waals surface area contributed by atoms with Crippen molar-refractivity contribution < 1.29 is 33.0 Å². The molecule has 0 radical (unpaired) electrons. The second-order valence-electron chi connectivity index (χ2n) is 5.85. The Balaban J connectivity index is 1.90. The largest absolute Gasteiger partial charge is 0.497 e. The summed E-state index contributed by atoms with van der Waals surface area (Å²) in [6.07, 6.45) is -1.15. The number of ether oxygens (including phenoxy) is 3. The molecule has 9 heteroatoms. The topological polar surface area (TPSA) is 103 Å². The van der Waals surface area contributed by atoms with Gasteiger partial charge in [0, 0.05) is 6.07 Å². The molecule has 1 atom stereocenters. The standard InChI is InChI=1S/C20H21FN2O6/c1-12(19(25)23-16-10-13(27-2)8-9-17(16)28-3)29-18(24)11-22-20(26)14-6-4-5-7-15(14)21/h4-10,12H,11H2,1-3H3,(H,22,26)(H,23,25). The van der Waals surface area contributed by atoms with Gasteiger partial charge in [-0.15, -0.1) is 0 Å². The first-order chi connectivity index (χ1) is 13.8. The minimum Gasteiger partial charge on any atom is -0.497 e. The lowest BCUT2D eigenvalue weighted by Gasteiger charge is -2.16. The molecule has 0 bridgehead atoms. The summed E-state index contributed by atoms with van der Waals surface area (Å²) in [5.74, 6) is -2.03. The lowest BCUT2D eigenvalue weighted by Crippen LogP contribution is -2.36. The van der Waals surface area contributed by atoms with Gasteiger partial charge in [-0.1, -0.05) is 12.1 Å². The van der Waals surface area contributed by atoms with Gasteiger partial charge in [0.05, 0.1) is 25.5 Å². The van der Waals surface area contributed by atoms with Crippen molar-refractivity contribution >= 4 is 23.5 Å². The molecule has 0 aliphatic rings. The van der Waals surface area contributed by atoms with Crippen molar-refractivity contribution in [2.45, 2.75) is 13.0 Å². The summed E-state index contributed by atoms with van der Waals surface area (Å²) in [7, 11) is 2.92. The maximum atomic E-state index is 13.6. The maximum absolute atomic E-state index is 13.6. The van der Waals surface area contributed by atoms with Crippen molar-refractivity contribution in [3.05, 3.63) is 53.8 Å². The molecular formula is C20H21FN2O6. The van der Waals surface area contributed by atoms with Crippen LogP contribution >= 0.6 is 0 Å². The van der Waals surface area contributed by atoms with Gasteiger partial charge in [-0.25, -0.2) is 4.39 Å². The number of carbonyl (C=O) groups excluding carboxylic acids is 3. The molecule has 0 spiro atoms. The van der Waals surface area contributed by atoms with Crippen molar-refractivity contribution in [1.29, 1.82) is 0 Å². The highest BCUT2D eigenvalue weighted by Crippen LogP contribution is 2.29. The number of rotatable bonds is 8. The van der Waals surface area contributed by atoms with Crippen molar-refractivity contribution in [3.8, 4) is 11.5 Å². The quantitative estimate of drug-likeness (QED) is 0.654. The van der Waals surface area contributed by atoms with E-state index in [-0.39, 0.29) is 5.56 Å². The lowest BCUT2D eigenvalue weighted by atomic mass is 10.2. The number of esters is 1. The first-order valence-electron chi connectivity index (χ1n) is 8.60. The Kier molecular flexibility index (Phi) is 7.53. The number of amides is 2. The van der Waals surface area contributed by atoms with Crippen LogP contribution in [-0.4, -0.2) is 44.7 Å². The molecule has 2 N–H and O–H groups in total. The van der Waals surface area contributed by atoms with Crippen molar-refractivity contribution in [3.63, 3.8) is 0 Å². The lowest BCUT2D eigenvalue weighted by molar-refractivity contribution is -0.152. The van der Waals surface area contributed by atoms with Crippen molar-refractivity contribution in [2.24, 2.45) is 0 Å². The molecule has 154 valence electrons. The van der Waals surface area contributed by atoms with Crippen LogP contribution in [0, 0.1) is 5.82 Å². The molecular weight excluding hydrogens is 383 g/mol. The minimum atomic E-state index is -1.15. The van der Waals surface area contributed by atoms with Gasteiger partial charge in [-0.2, -0.15) is 0 Å². The SMILES string of the molecule is COc1ccc(OC)c(NC(=O)C(C)OC(=O)CNC(=O)c2ccccc2F)c1. The van der Waals surface area contributed by atoms with Crippen LogP contribution in [0.25, 0.3) is 0 Å². The van der Waals surface area contributed by atoms with Gasteiger partial charge >= 0.3 is 5.97 Å². The van der Waals surface area contributed by atoms with Crippen LogP contribution in [-0.2, 0) is 14.3 Å². The Hall–Kier alpha value is -3.62. The molecule has 0 heterocycles. The van der Waals surface area contributed by atoms with Crippen LogP contribution in [0.5, 0.6) is 11.5 Å². The third-order valence-electron chi connectivity index (χ3n) is 3.85. The molecule has 0 aromatic heterocycles. The van der Waals surface area contributed by atoms with Gasteiger partial charge in [0.25, 0.3) is 11.8 Å². The van der Waals surface area contributed by atoms with Crippen LogP contribution in [0.15, 0.2) is 42.5 Å². The Morgan fingerprint density at radius 3 is 2.45 bits per heavy atom. The number of benzene rings is 2. The molecule has 0 saturated carbocycles. The highest BCUT2D eigenvalue weighted by atomic mass is 19.1. The first-order valence-corrected chi connectivity index (χ1v) is 8.60. The summed E-state index contributed by atoms with van der Waals surface area (Å²) in [5.41, 5.74) is 0.142. The predicted molar refractivity (Wildman–Crippen MR) is 102 cm³/mol. The summed E-state index contributed by atoms with van der Waals surface area (Å²) in [4.78, 5) is 36.1. The summed E-state index contributed by atoms with van der Waals surface area (Å²) >= 11 is 0. The van der Waals surface area contributed by atoms with Crippen molar-refractivity contribution in [1.82, 2.24) is 5.32 Å². The van der Waals surface area contributed by atoms with E-state index in [1.165, 1.54) is 39.3 Å². The third-order valence-corrected chi connectivity index (χ3v) is 3.85. The normalized spacial score (nSPS) is 11.2. The molecule has 0 saturated heterocycles. The van der Waals surface area contributed by atoms with E-state index in [1.807, 2.05) is 0 Å². The second-order valence-corrected chi connectivity index (χ2v) is 5.85. The predicted octanol–water partition coefficient (Wildman–Crippen LogP) is 2.14.